The number of hydrogen-bond acceptors (Lipinski definition) is 5. The molecule has 3 rings (SSSR count). The number of carbonyl (C=O) groups is 1. The molecule has 0 unspecified atom stereocenters. The first-order valence-electron chi connectivity index (χ1n) is 7.47. The number of amides is 1. The van der Waals surface area contributed by atoms with Gasteiger partial charge in [-0.15, -0.1) is 0 Å². The van der Waals surface area contributed by atoms with Crippen molar-refractivity contribution in [2.75, 3.05) is 18.1 Å². The highest BCUT2D eigenvalue weighted by Gasteiger charge is 2.32. The molecule has 1 saturated heterocycles. The van der Waals surface area contributed by atoms with E-state index in [-0.39, 0.29) is 18.3 Å². The molecular weight excluding hydrogens is 312 g/mol. The molecule has 1 amide bonds. The van der Waals surface area contributed by atoms with Crippen molar-refractivity contribution in [3.8, 4) is 0 Å². The van der Waals surface area contributed by atoms with Crippen LogP contribution in [0.1, 0.15) is 5.56 Å². The molecule has 1 aliphatic heterocycles. The summed E-state index contributed by atoms with van der Waals surface area (Å²) in [6.45, 7) is 0.992. The molecule has 1 heterocycles. The van der Waals surface area contributed by atoms with Crippen LogP contribution in [-0.2, 0) is 16.1 Å². The number of nitro benzene ring substituents is 1. The molecule has 1 fully saturated rings. The van der Waals surface area contributed by atoms with E-state index in [1.165, 1.54) is 17.0 Å². The Hall–Kier alpha value is -2.93. The molecule has 0 radical (unpaired) electrons. The maximum absolute atomic E-state index is 12.5. The van der Waals surface area contributed by atoms with E-state index >= 15 is 0 Å². The summed E-state index contributed by atoms with van der Waals surface area (Å²) in [5.41, 5.74) is 1.41. The van der Waals surface area contributed by atoms with Gasteiger partial charge in [0.15, 0.2) is 0 Å². The molecular formula is C17H16N2O5. The van der Waals surface area contributed by atoms with Crippen LogP contribution in [0.3, 0.4) is 0 Å². The summed E-state index contributed by atoms with van der Waals surface area (Å²) in [5, 5.41) is 10.8. The number of anilines is 1. The van der Waals surface area contributed by atoms with Gasteiger partial charge >= 0.3 is 6.09 Å². The Morgan fingerprint density at radius 2 is 1.83 bits per heavy atom. The van der Waals surface area contributed by atoms with Crippen molar-refractivity contribution < 1.29 is 19.2 Å². The normalized spacial score (nSPS) is 13.8. The van der Waals surface area contributed by atoms with Crippen LogP contribution in [0, 0.1) is 10.1 Å². The van der Waals surface area contributed by atoms with Crippen LogP contribution in [0.5, 0.6) is 0 Å². The fourth-order valence-corrected chi connectivity index (χ4v) is 2.36. The van der Waals surface area contributed by atoms with Gasteiger partial charge in [0, 0.05) is 17.8 Å². The first-order valence-corrected chi connectivity index (χ1v) is 7.47. The Morgan fingerprint density at radius 1 is 1.17 bits per heavy atom. The van der Waals surface area contributed by atoms with Crippen LogP contribution in [0.15, 0.2) is 54.6 Å². The summed E-state index contributed by atoms with van der Waals surface area (Å²) in [6, 6.07) is 15.1. The van der Waals surface area contributed by atoms with E-state index in [9.17, 15) is 14.9 Å². The van der Waals surface area contributed by atoms with Gasteiger partial charge in [-0.2, -0.15) is 0 Å². The Kier molecular flexibility index (Phi) is 4.72. The topological polar surface area (TPSA) is 81.9 Å². The predicted octanol–water partition coefficient (Wildman–Crippen LogP) is 3.14. The third kappa shape index (κ3) is 3.52. The van der Waals surface area contributed by atoms with E-state index in [0.29, 0.717) is 18.9 Å². The molecule has 0 N–H and O–H groups in total. The summed E-state index contributed by atoms with van der Waals surface area (Å²) in [6.07, 6.45) is -0.499. The second kappa shape index (κ2) is 7.10. The first-order chi connectivity index (χ1) is 11.6. The number of non-ortho nitro benzene ring substituents is 1. The highest BCUT2D eigenvalue weighted by Crippen LogP contribution is 2.25. The van der Waals surface area contributed by atoms with Gasteiger partial charge in [-0.05, 0) is 17.7 Å². The highest BCUT2D eigenvalue weighted by molar-refractivity contribution is 5.88. The fourth-order valence-electron chi connectivity index (χ4n) is 2.36. The molecule has 7 heteroatoms. The van der Waals surface area contributed by atoms with Gasteiger partial charge in [-0.1, -0.05) is 30.3 Å². The Bertz CT molecular complexity index is 714. The smallest absolute Gasteiger partial charge is 0.415 e. The van der Waals surface area contributed by atoms with E-state index in [1.807, 2.05) is 30.3 Å². The summed E-state index contributed by atoms with van der Waals surface area (Å²) < 4.78 is 10.5. The van der Waals surface area contributed by atoms with E-state index in [2.05, 4.69) is 0 Å². The molecule has 0 atom stereocenters. The third-order valence-corrected chi connectivity index (χ3v) is 3.73. The zero-order chi connectivity index (χ0) is 16.9. The number of carbonyl (C=O) groups excluding carboxylic acids is 1. The van der Waals surface area contributed by atoms with Crippen molar-refractivity contribution in [1.29, 1.82) is 0 Å². The number of nitro groups is 1. The van der Waals surface area contributed by atoms with Crippen LogP contribution in [-0.4, -0.2) is 30.3 Å². The zero-order valence-corrected chi connectivity index (χ0v) is 12.8. The van der Waals surface area contributed by atoms with Crippen molar-refractivity contribution in [3.63, 3.8) is 0 Å². The van der Waals surface area contributed by atoms with Gasteiger partial charge in [0.05, 0.1) is 24.2 Å². The van der Waals surface area contributed by atoms with Crippen molar-refractivity contribution >= 4 is 17.5 Å². The van der Waals surface area contributed by atoms with Gasteiger partial charge in [0.1, 0.15) is 6.61 Å². The SMILES string of the molecule is O=C(OCc1ccccc1)N(c1ccc([N+](=O)[O-])cc1)C1COC1. The molecule has 0 saturated carbocycles. The lowest BCUT2D eigenvalue weighted by Crippen LogP contribution is -2.52. The Balaban J connectivity index is 1.73. The van der Waals surface area contributed by atoms with Gasteiger partial charge < -0.3 is 9.47 Å². The molecule has 24 heavy (non-hydrogen) atoms. The van der Waals surface area contributed by atoms with Gasteiger partial charge in [0.2, 0.25) is 0 Å². The molecule has 0 aliphatic carbocycles. The van der Waals surface area contributed by atoms with Crippen LogP contribution < -0.4 is 4.90 Å². The number of nitrogens with zero attached hydrogens (tertiary/aromatic N) is 2. The Morgan fingerprint density at radius 3 is 2.38 bits per heavy atom. The van der Waals surface area contributed by atoms with Gasteiger partial charge in [0.25, 0.3) is 5.69 Å². The van der Waals surface area contributed by atoms with Crippen molar-refractivity contribution in [2.45, 2.75) is 12.6 Å². The minimum Gasteiger partial charge on any atom is -0.444 e. The fraction of sp³-hybridized carbons (Fsp3) is 0.235. The molecule has 1 aliphatic rings. The van der Waals surface area contributed by atoms with Crippen LogP contribution >= 0.6 is 0 Å². The average molecular weight is 328 g/mol. The Labute approximate surface area is 138 Å². The van der Waals surface area contributed by atoms with Crippen LogP contribution in [0.2, 0.25) is 0 Å². The highest BCUT2D eigenvalue weighted by atomic mass is 16.6. The maximum Gasteiger partial charge on any atom is 0.415 e. The van der Waals surface area contributed by atoms with E-state index in [4.69, 9.17) is 9.47 Å². The maximum atomic E-state index is 12.5. The van der Waals surface area contributed by atoms with Crippen molar-refractivity contribution in [2.24, 2.45) is 0 Å². The summed E-state index contributed by atoms with van der Waals surface area (Å²) in [5.74, 6) is 0. The summed E-state index contributed by atoms with van der Waals surface area (Å²) >= 11 is 0. The minimum atomic E-state index is -0.499. The second-order valence-electron chi connectivity index (χ2n) is 5.37. The van der Waals surface area contributed by atoms with Crippen LogP contribution in [0.25, 0.3) is 0 Å². The molecule has 0 spiro atoms. The van der Waals surface area contributed by atoms with Gasteiger partial charge in [-0.25, -0.2) is 4.79 Å². The summed E-state index contributed by atoms with van der Waals surface area (Å²) in [7, 11) is 0. The minimum absolute atomic E-state index is 0.0267. The monoisotopic (exact) mass is 328 g/mol. The second-order valence-corrected chi connectivity index (χ2v) is 5.37. The quantitative estimate of drug-likeness (QED) is 0.622. The van der Waals surface area contributed by atoms with Crippen LogP contribution in [0.4, 0.5) is 16.2 Å². The number of benzene rings is 2. The molecule has 0 bridgehead atoms. The molecule has 7 nitrogen and oxygen atoms in total. The molecule has 2 aromatic rings. The van der Waals surface area contributed by atoms with E-state index in [0.717, 1.165) is 5.56 Å². The van der Waals surface area contributed by atoms with Crippen molar-refractivity contribution in [3.05, 3.63) is 70.3 Å². The van der Waals surface area contributed by atoms with E-state index < -0.39 is 11.0 Å². The summed E-state index contributed by atoms with van der Waals surface area (Å²) in [4.78, 5) is 24.2. The number of ether oxygens (including phenoxy) is 2. The molecule has 2 aromatic carbocycles. The van der Waals surface area contributed by atoms with Crippen molar-refractivity contribution in [1.82, 2.24) is 0 Å². The number of rotatable bonds is 5. The zero-order valence-electron chi connectivity index (χ0n) is 12.8. The third-order valence-electron chi connectivity index (χ3n) is 3.73. The lowest BCUT2D eigenvalue weighted by Gasteiger charge is -2.36. The molecule has 124 valence electrons. The lowest BCUT2D eigenvalue weighted by atomic mass is 10.2. The molecule has 0 aromatic heterocycles. The number of hydrogen-bond donors (Lipinski definition) is 0. The predicted molar refractivity (Wildman–Crippen MR) is 86.8 cm³/mol. The van der Waals surface area contributed by atoms with E-state index in [1.54, 1.807) is 12.1 Å². The average Bonchev–Trinajstić information content (AvgIpc) is 2.57. The standard InChI is InChI=1S/C17H16N2O5/c20-17(24-10-13-4-2-1-3-5-13)18(16-11-23-12-16)14-6-8-15(9-7-14)19(21)22/h1-9,16H,10-12H2. The largest absolute Gasteiger partial charge is 0.444 e. The van der Waals surface area contributed by atoms with Gasteiger partial charge in [-0.3, -0.25) is 15.0 Å². The first kappa shape index (κ1) is 15.9. The lowest BCUT2D eigenvalue weighted by molar-refractivity contribution is -0.384.